The molecule has 1 aromatic carbocycles. The van der Waals surface area contributed by atoms with Crippen LogP contribution in [0.15, 0.2) is 29.2 Å². The van der Waals surface area contributed by atoms with Gasteiger partial charge in [0.05, 0.1) is 13.2 Å². The molecule has 0 spiro atoms. The summed E-state index contributed by atoms with van der Waals surface area (Å²) in [6, 6.07) is 8.10. The number of aliphatic hydroxyl groups excluding tert-OH is 1. The van der Waals surface area contributed by atoms with Crippen molar-refractivity contribution in [3.8, 4) is 0 Å². The number of thioether (sulfide) groups is 1. The van der Waals surface area contributed by atoms with E-state index in [2.05, 4.69) is 12.1 Å². The number of rotatable bonds is 3. The molecule has 1 aliphatic rings. The van der Waals surface area contributed by atoms with Crippen molar-refractivity contribution < 1.29 is 9.84 Å². The number of ether oxygens (including phenoxy) is 1. The quantitative estimate of drug-likeness (QED) is 0.855. The normalized spacial score (nSPS) is 21.5. The number of hydrogen-bond acceptors (Lipinski definition) is 3. The zero-order valence-electron chi connectivity index (χ0n) is 8.69. The molecular weight excluding hydrogens is 208 g/mol. The SMILES string of the molecule is OCc1ccc(SC2CCCOC2)cc1. The zero-order chi connectivity index (χ0) is 10.5. The number of hydrogen-bond donors (Lipinski definition) is 1. The Morgan fingerprint density at radius 3 is 2.73 bits per heavy atom. The van der Waals surface area contributed by atoms with Crippen molar-refractivity contribution in [2.24, 2.45) is 0 Å². The largest absolute Gasteiger partial charge is 0.392 e. The van der Waals surface area contributed by atoms with E-state index < -0.39 is 0 Å². The van der Waals surface area contributed by atoms with Crippen LogP contribution in [0.4, 0.5) is 0 Å². The second-order valence-corrected chi connectivity index (χ2v) is 5.13. The first kappa shape index (κ1) is 11.0. The van der Waals surface area contributed by atoms with Crippen molar-refractivity contribution in [3.63, 3.8) is 0 Å². The maximum Gasteiger partial charge on any atom is 0.0681 e. The Bertz CT molecular complexity index is 291. The third-order valence-corrected chi connectivity index (χ3v) is 3.78. The molecular formula is C12H16O2S. The molecule has 15 heavy (non-hydrogen) atoms. The van der Waals surface area contributed by atoms with Gasteiger partial charge in [0, 0.05) is 16.8 Å². The van der Waals surface area contributed by atoms with Gasteiger partial charge in [-0.2, -0.15) is 0 Å². The van der Waals surface area contributed by atoms with Crippen LogP contribution in [0.5, 0.6) is 0 Å². The minimum absolute atomic E-state index is 0.123. The average Bonchev–Trinajstić information content (AvgIpc) is 2.31. The van der Waals surface area contributed by atoms with Crippen molar-refractivity contribution >= 4 is 11.8 Å². The molecule has 1 aliphatic heterocycles. The van der Waals surface area contributed by atoms with Gasteiger partial charge in [0.1, 0.15) is 0 Å². The van der Waals surface area contributed by atoms with E-state index in [4.69, 9.17) is 9.84 Å². The van der Waals surface area contributed by atoms with E-state index in [9.17, 15) is 0 Å². The lowest BCUT2D eigenvalue weighted by atomic mass is 10.2. The lowest BCUT2D eigenvalue weighted by molar-refractivity contribution is 0.101. The monoisotopic (exact) mass is 224 g/mol. The molecule has 3 heteroatoms. The van der Waals surface area contributed by atoms with Gasteiger partial charge in [0.2, 0.25) is 0 Å². The Balaban J connectivity index is 1.91. The van der Waals surface area contributed by atoms with Crippen LogP contribution in [0.2, 0.25) is 0 Å². The molecule has 1 aromatic rings. The van der Waals surface area contributed by atoms with Gasteiger partial charge in [-0.1, -0.05) is 12.1 Å². The van der Waals surface area contributed by atoms with Crippen LogP contribution in [-0.4, -0.2) is 23.6 Å². The molecule has 2 rings (SSSR count). The van der Waals surface area contributed by atoms with Crippen molar-refractivity contribution in [3.05, 3.63) is 29.8 Å². The minimum Gasteiger partial charge on any atom is -0.392 e. The summed E-state index contributed by atoms with van der Waals surface area (Å²) >= 11 is 1.88. The first-order valence-electron chi connectivity index (χ1n) is 5.32. The minimum atomic E-state index is 0.123. The summed E-state index contributed by atoms with van der Waals surface area (Å²) < 4.78 is 5.44. The molecule has 0 radical (unpaired) electrons. The second-order valence-electron chi connectivity index (χ2n) is 3.76. The van der Waals surface area contributed by atoms with Crippen LogP contribution in [0.3, 0.4) is 0 Å². The van der Waals surface area contributed by atoms with Gasteiger partial charge in [-0.3, -0.25) is 0 Å². The molecule has 0 amide bonds. The molecule has 82 valence electrons. The molecule has 0 saturated carbocycles. The number of aliphatic hydroxyl groups is 1. The predicted octanol–water partition coefficient (Wildman–Crippen LogP) is 2.45. The Morgan fingerprint density at radius 2 is 2.13 bits per heavy atom. The van der Waals surface area contributed by atoms with E-state index in [-0.39, 0.29) is 6.61 Å². The molecule has 1 atom stereocenters. The highest BCUT2D eigenvalue weighted by molar-refractivity contribution is 8.00. The van der Waals surface area contributed by atoms with Crippen LogP contribution in [0.25, 0.3) is 0 Å². The lowest BCUT2D eigenvalue weighted by Crippen LogP contribution is -2.18. The summed E-state index contributed by atoms with van der Waals surface area (Å²) in [5.74, 6) is 0. The third-order valence-electron chi connectivity index (χ3n) is 2.53. The van der Waals surface area contributed by atoms with Gasteiger partial charge in [-0.05, 0) is 30.5 Å². The van der Waals surface area contributed by atoms with Crippen molar-refractivity contribution in [1.29, 1.82) is 0 Å². The van der Waals surface area contributed by atoms with Crippen LogP contribution in [0.1, 0.15) is 18.4 Å². The van der Waals surface area contributed by atoms with Gasteiger partial charge in [0.25, 0.3) is 0 Å². The molecule has 0 bridgehead atoms. The molecule has 1 unspecified atom stereocenters. The fourth-order valence-corrected chi connectivity index (χ4v) is 2.80. The third kappa shape index (κ3) is 3.23. The Morgan fingerprint density at radius 1 is 1.33 bits per heavy atom. The fourth-order valence-electron chi connectivity index (χ4n) is 1.67. The van der Waals surface area contributed by atoms with Gasteiger partial charge >= 0.3 is 0 Å². The Hall–Kier alpha value is -0.510. The number of benzene rings is 1. The summed E-state index contributed by atoms with van der Waals surface area (Å²) in [6.45, 7) is 1.91. The van der Waals surface area contributed by atoms with Crippen molar-refractivity contribution in [1.82, 2.24) is 0 Å². The van der Waals surface area contributed by atoms with Crippen molar-refractivity contribution in [2.45, 2.75) is 29.6 Å². The van der Waals surface area contributed by atoms with E-state index in [0.29, 0.717) is 5.25 Å². The Labute approximate surface area is 94.6 Å². The highest BCUT2D eigenvalue weighted by Gasteiger charge is 2.14. The second kappa shape index (κ2) is 5.54. The first-order chi connectivity index (χ1) is 7.38. The van der Waals surface area contributed by atoms with E-state index >= 15 is 0 Å². The molecule has 2 nitrogen and oxygen atoms in total. The lowest BCUT2D eigenvalue weighted by Gasteiger charge is -2.21. The van der Waals surface area contributed by atoms with Crippen LogP contribution >= 0.6 is 11.8 Å². The molecule has 1 N–H and O–H groups in total. The van der Waals surface area contributed by atoms with Gasteiger partial charge < -0.3 is 9.84 Å². The summed E-state index contributed by atoms with van der Waals surface area (Å²) in [4.78, 5) is 1.27. The zero-order valence-corrected chi connectivity index (χ0v) is 9.50. The van der Waals surface area contributed by atoms with Gasteiger partial charge in [0.15, 0.2) is 0 Å². The molecule has 0 aliphatic carbocycles. The van der Waals surface area contributed by atoms with E-state index in [0.717, 1.165) is 18.8 Å². The molecule has 1 fully saturated rings. The topological polar surface area (TPSA) is 29.5 Å². The van der Waals surface area contributed by atoms with Gasteiger partial charge in [-0.15, -0.1) is 11.8 Å². The average molecular weight is 224 g/mol. The van der Waals surface area contributed by atoms with E-state index in [1.54, 1.807) is 0 Å². The molecule has 0 aromatic heterocycles. The first-order valence-corrected chi connectivity index (χ1v) is 6.20. The predicted molar refractivity (Wildman–Crippen MR) is 62.1 cm³/mol. The maximum atomic E-state index is 8.92. The summed E-state index contributed by atoms with van der Waals surface area (Å²) in [5, 5.41) is 9.52. The van der Waals surface area contributed by atoms with E-state index in [1.807, 2.05) is 23.9 Å². The molecule has 1 saturated heterocycles. The highest BCUT2D eigenvalue weighted by atomic mass is 32.2. The molecule has 1 heterocycles. The van der Waals surface area contributed by atoms with E-state index in [1.165, 1.54) is 17.7 Å². The van der Waals surface area contributed by atoms with Crippen LogP contribution < -0.4 is 0 Å². The van der Waals surface area contributed by atoms with Crippen LogP contribution in [0, 0.1) is 0 Å². The standard InChI is InChI=1S/C12H16O2S/c13-8-10-3-5-11(6-4-10)15-12-2-1-7-14-9-12/h3-6,12-13H,1-2,7-9H2. The summed E-state index contributed by atoms with van der Waals surface area (Å²) in [7, 11) is 0. The maximum absolute atomic E-state index is 8.92. The van der Waals surface area contributed by atoms with Crippen molar-refractivity contribution in [2.75, 3.05) is 13.2 Å². The summed E-state index contributed by atoms with van der Waals surface area (Å²) in [6.07, 6.45) is 2.42. The fraction of sp³-hybridized carbons (Fsp3) is 0.500. The Kier molecular flexibility index (Phi) is 4.06. The smallest absolute Gasteiger partial charge is 0.0681 e. The van der Waals surface area contributed by atoms with Crippen LogP contribution in [-0.2, 0) is 11.3 Å². The van der Waals surface area contributed by atoms with Gasteiger partial charge in [-0.25, -0.2) is 0 Å². The highest BCUT2D eigenvalue weighted by Crippen LogP contribution is 2.28. The summed E-state index contributed by atoms with van der Waals surface area (Å²) in [5.41, 5.74) is 0.972.